The van der Waals surface area contributed by atoms with Crippen molar-refractivity contribution in [3.63, 3.8) is 0 Å². The molecule has 0 radical (unpaired) electrons. The summed E-state index contributed by atoms with van der Waals surface area (Å²) >= 11 is 0. The van der Waals surface area contributed by atoms with Crippen molar-refractivity contribution in [1.29, 1.82) is 0 Å². The molecule has 142 valence electrons. The van der Waals surface area contributed by atoms with E-state index in [9.17, 15) is 0 Å². The summed E-state index contributed by atoms with van der Waals surface area (Å²) in [6.45, 7) is 18.0. The zero-order valence-electron chi connectivity index (χ0n) is 16.8. The Bertz CT molecular complexity index is 543. The molecule has 3 rings (SSSR count). The minimum absolute atomic E-state index is 0. The fourth-order valence-corrected chi connectivity index (χ4v) is 5.49. The van der Waals surface area contributed by atoms with Crippen LogP contribution >= 0.6 is 12.4 Å². The van der Waals surface area contributed by atoms with E-state index in [2.05, 4.69) is 68.7 Å². The standard InChI is InChI=1S/C22H36N2.ClH/c1-6-23-11-13-24(14-12-23)20-10-8-7-9-19(20)18-15-21(2,3)17-22(4,5)16-18;/h7-10,18H,6,11-17H2,1-5H3;1H. The second-order valence-electron chi connectivity index (χ2n) is 9.59. The van der Waals surface area contributed by atoms with Crippen molar-refractivity contribution >= 4 is 18.1 Å². The van der Waals surface area contributed by atoms with Crippen LogP contribution in [-0.2, 0) is 0 Å². The highest BCUT2D eigenvalue weighted by Gasteiger charge is 2.39. The SMILES string of the molecule is CCN1CCN(c2ccccc2C2CC(C)(C)CC(C)(C)C2)CC1.Cl. The number of likely N-dealkylation sites (N-methyl/N-ethyl adjacent to an activating group) is 1. The molecule has 1 aromatic carbocycles. The quantitative estimate of drug-likeness (QED) is 0.691. The lowest BCUT2D eigenvalue weighted by Crippen LogP contribution is -2.46. The van der Waals surface area contributed by atoms with Crippen molar-refractivity contribution in [3.8, 4) is 0 Å². The lowest BCUT2D eigenvalue weighted by atomic mass is 9.60. The Labute approximate surface area is 161 Å². The molecule has 1 saturated carbocycles. The van der Waals surface area contributed by atoms with Crippen molar-refractivity contribution in [2.24, 2.45) is 10.8 Å². The third-order valence-electron chi connectivity index (χ3n) is 6.09. The van der Waals surface area contributed by atoms with Crippen molar-refractivity contribution in [2.75, 3.05) is 37.6 Å². The zero-order chi connectivity index (χ0) is 17.4. The van der Waals surface area contributed by atoms with Gasteiger partial charge in [-0.05, 0) is 54.2 Å². The largest absolute Gasteiger partial charge is 0.369 e. The van der Waals surface area contributed by atoms with E-state index in [1.165, 1.54) is 57.7 Å². The van der Waals surface area contributed by atoms with Crippen molar-refractivity contribution in [2.45, 2.75) is 59.8 Å². The highest BCUT2D eigenvalue weighted by atomic mass is 35.5. The Kier molecular flexibility index (Phi) is 6.49. The Hall–Kier alpha value is -0.730. The van der Waals surface area contributed by atoms with E-state index >= 15 is 0 Å². The van der Waals surface area contributed by atoms with Crippen molar-refractivity contribution in [3.05, 3.63) is 29.8 Å². The van der Waals surface area contributed by atoms with Crippen LogP contribution in [0.15, 0.2) is 24.3 Å². The van der Waals surface area contributed by atoms with Crippen LogP contribution in [0.3, 0.4) is 0 Å². The van der Waals surface area contributed by atoms with E-state index in [4.69, 9.17) is 0 Å². The summed E-state index contributed by atoms with van der Waals surface area (Å²) in [5.74, 6) is 0.698. The van der Waals surface area contributed by atoms with Gasteiger partial charge in [-0.25, -0.2) is 0 Å². The lowest BCUT2D eigenvalue weighted by Gasteiger charge is -2.46. The molecule has 2 nitrogen and oxygen atoms in total. The van der Waals surface area contributed by atoms with E-state index in [-0.39, 0.29) is 12.4 Å². The molecule has 2 aliphatic rings. The smallest absolute Gasteiger partial charge is 0.0402 e. The number of hydrogen-bond acceptors (Lipinski definition) is 2. The van der Waals surface area contributed by atoms with Crippen LogP contribution in [0, 0.1) is 10.8 Å². The van der Waals surface area contributed by atoms with Crippen LogP contribution in [0.4, 0.5) is 5.69 Å². The maximum atomic E-state index is 2.64. The van der Waals surface area contributed by atoms with Gasteiger partial charge in [-0.2, -0.15) is 0 Å². The van der Waals surface area contributed by atoms with Crippen molar-refractivity contribution < 1.29 is 0 Å². The monoisotopic (exact) mass is 364 g/mol. The number of halogens is 1. The van der Waals surface area contributed by atoms with Gasteiger partial charge in [-0.1, -0.05) is 52.8 Å². The first-order valence-corrected chi connectivity index (χ1v) is 9.86. The van der Waals surface area contributed by atoms with Crippen LogP contribution in [0.1, 0.15) is 65.4 Å². The topological polar surface area (TPSA) is 6.48 Å². The minimum atomic E-state index is 0. The highest BCUT2D eigenvalue weighted by Crippen LogP contribution is 2.53. The summed E-state index contributed by atoms with van der Waals surface area (Å²) < 4.78 is 0. The number of piperazine rings is 1. The number of nitrogens with zero attached hydrogens (tertiary/aromatic N) is 2. The number of benzene rings is 1. The summed E-state index contributed by atoms with van der Waals surface area (Å²) in [7, 11) is 0. The number of hydrogen-bond donors (Lipinski definition) is 0. The molecule has 0 bridgehead atoms. The van der Waals surface area contributed by atoms with Gasteiger partial charge < -0.3 is 9.80 Å². The van der Waals surface area contributed by atoms with Gasteiger partial charge in [0.15, 0.2) is 0 Å². The molecule has 1 aliphatic carbocycles. The number of anilines is 1. The first-order valence-electron chi connectivity index (χ1n) is 9.86. The second-order valence-corrected chi connectivity index (χ2v) is 9.59. The first-order chi connectivity index (χ1) is 11.3. The Morgan fingerprint density at radius 2 is 1.48 bits per heavy atom. The van der Waals surface area contributed by atoms with Crippen LogP contribution in [0.5, 0.6) is 0 Å². The third kappa shape index (κ3) is 4.92. The molecule has 1 aromatic rings. The molecule has 0 N–H and O–H groups in total. The average Bonchev–Trinajstić information content (AvgIpc) is 2.52. The molecular weight excluding hydrogens is 328 g/mol. The number of para-hydroxylation sites is 1. The van der Waals surface area contributed by atoms with E-state index < -0.39 is 0 Å². The summed E-state index contributed by atoms with van der Waals surface area (Å²) in [6, 6.07) is 9.25. The molecule has 0 unspecified atom stereocenters. The molecule has 0 aromatic heterocycles. The van der Waals surface area contributed by atoms with Gasteiger partial charge in [-0.15, -0.1) is 12.4 Å². The Morgan fingerprint density at radius 1 is 0.920 bits per heavy atom. The molecule has 2 fully saturated rings. The molecule has 1 aliphatic heterocycles. The third-order valence-corrected chi connectivity index (χ3v) is 6.09. The fraction of sp³-hybridized carbons (Fsp3) is 0.727. The minimum Gasteiger partial charge on any atom is -0.369 e. The normalized spacial score (nSPS) is 24.0. The molecular formula is C22H37ClN2. The van der Waals surface area contributed by atoms with Crippen LogP contribution in [0.25, 0.3) is 0 Å². The Balaban J connectivity index is 0.00000225. The van der Waals surface area contributed by atoms with E-state index in [0.717, 1.165) is 0 Å². The van der Waals surface area contributed by atoms with Gasteiger partial charge in [0.1, 0.15) is 0 Å². The van der Waals surface area contributed by atoms with Gasteiger partial charge >= 0.3 is 0 Å². The summed E-state index contributed by atoms with van der Waals surface area (Å²) in [6.07, 6.45) is 3.98. The predicted molar refractivity (Wildman–Crippen MR) is 112 cm³/mol. The molecule has 0 amide bonds. The summed E-state index contributed by atoms with van der Waals surface area (Å²) in [4.78, 5) is 5.20. The van der Waals surface area contributed by atoms with Gasteiger partial charge in [-0.3, -0.25) is 0 Å². The van der Waals surface area contributed by atoms with Gasteiger partial charge in [0.05, 0.1) is 0 Å². The summed E-state index contributed by atoms with van der Waals surface area (Å²) in [5.41, 5.74) is 4.00. The maximum Gasteiger partial charge on any atom is 0.0402 e. The molecule has 3 heteroatoms. The molecule has 25 heavy (non-hydrogen) atoms. The van der Waals surface area contributed by atoms with E-state index in [1.807, 2.05) is 0 Å². The molecule has 1 saturated heterocycles. The van der Waals surface area contributed by atoms with E-state index in [0.29, 0.717) is 16.7 Å². The molecule has 0 spiro atoms. The second kappa shape index (κ2) is 7.88. The van der Waals surface area contributed by atoms with Gasteiger partial charge in [0.25, 0.3) is 0 Å². The number of rotatable bonds is 3. The average molecular weight is 365 g/mol. The molecule has 1 heterocycles. The van der Waals surface area contributed by atoms with Gasteiger partial charge in [0.2, 0.25) is 0 Å². The molecule has 0 atom stereocenters. The van der Waals surface area contributed by atoms with Crippen LogP contribution < -0.4 is 4.90 Å². The van der Waals surface area contributed by atoms with Gasteiger partial charge in [0, 0.05) is 31.9 Å². The van der Waals surface area contributed by atoms with Crippen LogP contribution in [0.2, 0.25) is 0 Å². The van der Waals surface area contributed by atoms with E-state index in [1.54, 1.807) is 5.56 Å². The van der Waals surface area contributed by atoms with Crippen LogP contribution in [-0.4, -0.2) is 37.6 Å². The predicted octanol–water partition coefficient (Wildman–Crippen LogP) is 5.57. The Morgan fingerprint density at radius 3 is 2.04 bits per heavy atom. The zero-order valence-corrected chi connectivity index (χ0v) is 17.7. The fourth-order valence-electron chi connectivity index (χ4n) is 5.49. The van der Waals surface area contributed by atoms with Crippen molar-refractivity contribution in [1.82, 2.24) is 4.90 Å². The summed E-state index contributed by atoms with van der Waals surface area (Å²) in [5, 5.41) is 0. The highest BCUT2D eigenvalue weighted by molar-refractivity contribution is 5.85. The lowest BCUT2D eigenvalue weighted by molar-refractivity contribution is 0.0970. The maximum absolute atomic E-state index is 2.64. The first kappa shape index (κ1) is 20.6.